The molecule has 0 spiro atoms. The smallest absolute Gasteiger partial charge is 0.260 e. The Bertz CT molecular complexity index is 869. The van der Waals surface area contributed by atoms with E-state index in [-0.39, 0.29) is 5.91 Å². The van der Waals surface area contributed by atoms with Crippen molar-refractivity contribution in [2.24, 2.45) is 0 Å². The molecule has 0 bridgehead atoms. The van der Waals surface area contributed by atoms with Gasteiger partial charge in [-0.15, -0.1) is 0 Å². The average molecular weight is 383 g/mol. The van der Waals surface area contributed by atoms with Crippen LogP contribution in [-0.2, 0) is 0 Å². The number of carbonyl (C=O) groups is 1. The van der Waals surface area contributed by atoms with Gasteiger partial charge in [0.15, 0.2) is 5.13 Å². The summed E-state index contributed by atoms with van der Waals surface area (Å²) in [5, 5.41) is 0.761. The maximum atomic E-state index is 13.2. The van der Waals surface area contributed by atoms with E-state index in [2.05, 4.69) is 4.90 Å². The summed E-state index contributed by atoms with van der Waals surface area (Å²) >= 11 is 1.57. The van der Waals surface area contributed by atoms with Crippen molar-refractivity contribution >= 4 is 38.3 Å². The van der Waals surface area contributed by atoms with Crippen LogP contribution in [0.2, 0.25) is 0 Å². The van der Waals surface area contributed by atoms with Gasteiger partial charge in [0, 0.05) is 31.9 Å². The summed E-state index contributed by atoms with van der Waals surface area (Å²) in [6, 6.07) is 15.8. The first-order valence-corrected chi connectivity index (χ1v) is 9.87. The fraction of sp³-hybridized carbons (Fsp3) is 0.333. The zero-order chi connectivity index (χ0) is 19.4. The van der Waals surface area contributed by atoms with Crippen LogP contribution in [0.15, 0.2) is 48.5 Å². The molecular weight excluding hydrogens is 356 g/mol. The van der Waals surface area contributed by atoms with Gasteiger partial charge in [0.25, 0.3) is 5.91 Å². The van der Waals surface area contributed by atoms with E-state index in [9.17, 15) is 4.79 Å². The quantitative estimate of drug-likeness (QED) is 0.620. The number of amides is 1. The molecule has 0 saturated carbocycles. The second-order valence-corrected chi connectivity index (χ2v) is 8.03. The number of hydrogen-bond acceptors (Lipinski definition) is 5. The Balaban J connectivity index is 1.89. The Kier molecular flexibility index (Phi) is 6.08. The maximum absolute atomic E-state index is 13.2. The standard InChI is InChI=1S/C21H26N4OS/c1-23(2)14-7-15-25(21-22-18-8-5-6-9-19(18)27-21)20(26)16-10-12-17(13-11-16)24(3)4/h5-6,8-13H,7,14-15H2,1-4H3. The SMILES string of the molecule is CN(C)CCCN(C(=O)c1ccc(N(C)C)cc1)c1nc2ccccc2s1. The fourth-order valence-corrected chi connectivity index (χ4v) is 3.85. The summed E-state index contributed by atoms with van der Waals surface area (Å²) < 4.78 is 1.10. The van der Waals surface area contributed by atoms with Crippen molar-refractivity contribution < 1.29 is 4.79 Å². The van der Waals surface area contributed by atoms with Gasteiger partial charge in [0.2, 0.25) is 0 Å². The lowest BCUT2D eigenvalue weighted by atomic mass is 10.1. The van der Waals surface area contributed by atoms with Gasteiger partial charge in [-0.2, -0.15) is 0 Å². The second kappa shape index (κ2) is 8.50. The average Bonchev–Trinajstić information content (AvgIpc) is 3.08. The Morgan fingerprint density at radius 1 is 0.963 bits per heavy atom. The third-order valence-electron chi connectivity index (χ3n) is 4.38. The lowest BCUT2D eigenvalue weighted by Crippen LogP contribution is -2.33. The number of fused-ring (bicyclic) bond motifs is 1. The molecular formula is C21H26N4OS. The molecule has 0 aliphatic heterocycles. The summed E-state index contributed by atoms with van der Waals surface area (Å²) in [5.74, 6) is -0.00174. The van der Waals surface area contributed by atoms with Crippen LogP contribution >= 0.6 is 11.3 Å². The molecule has 0 saturated heterocycles. The van der Waals surface area contributed by atoms with E-state index in [4.69, 9.17) is 4.98 Å². The van der Waals surface area contributed by atoms with Crippen LogP contribution in [0, 0.1) is 0 Å². The highest BCUT2D eigenvalue weighted by Crippen LogP contribution is 2.30. The molecule has 0 atom stereocenters. The van der Waals surface area contributed by atoms with Gasteiger partial charge in [0.1, 0.15) is 0 Å². The molecule has 3 aromatic rings. The van der Waals surface area contributed by atoms with E-state index in [1.165, 1.54) is 0 Å². The molecule has 142 valence electrons. The van der Waals surface area contributed by atoms with Gasteiger partial charge >= 0.3 is 0 Å². The van der Waals surface area contributed by atoms with Crippen molar-refractivity contribution in [1.82, 2.24) is 9.88 Å². The molecule has 1 heterocycles. The molecule has 2 aromatic carbocycles. The van der Waals surface area contributed by atoms with Gasteiger partial charge in [0.05, 0.1) is 10.2 Å². The highest BCUT2D eigenvalue weighted by atomic mass is 32.1. The molecule has 0 radical (unpaired) electrons. The minimum atomic E-state index is -0.00174. The Labute approximate surface area is 164 Å². The fourth-order valence-electron chi connectivity index (χ4n) is 2.86. The van der Waals surface area contributed by atoms with Gasteiger partial charge in [-0.05, 0) is 63.5 Å². The number of benzene rings is 2. The lowest BCUT2D eigenvalue weighted by molar-refractivity contribution is 0.0986. The monoisotopic (exact) mass is 382 g/mol. The van der Waals surface area contributed by atoms with Gasteiger partial charge in [-0.25, -0.2) is 4.98 Å². The number of hydrogen-bond donors (Lipinski definition) is 0. The maximum Gasteiger partial charge on any atom is 0.260 e. The van der Waals surface area contributed by atoms with Gasteiger partial charge in [-0.3, -0.25) is 9.69 Å². The first kappa shape index (κ1) is 19.3. The number of thiazole rings is 1. The number of anilines is 2. The molecule has 6 heteroatoms. The van der Waals surface area contributed by atoms with E-state index in [0.29, 0.717) is 12.1 Å². The van der Waals surface area contributed by atoms with Gasteiger partial charge in [-0.1, -0.05) is 23.5 Å². The van der Waals surface area contributed by atoms with E-state index in [1.807, 2.05) is 86.5 Å². The minimum Gasteiger partial charge on any atom is -0.378 e. The van der Waals surface area contributed by atoms with Crippen LogP contribution in [0.3, 0.4) is 0 Å². The number of nitrogens with zero attached hydrogens (tertiary/aromatic N) is 4. The summed E-state index contributed by atoms with van der Waals surface area (Å²) in [7, 11) is 8.07. The Morgan fingerprint density at radius 2 is 1.67 bits per heavy atom. The zero-order valence-corrected chi connectivity index (χ0v) is 17.2. The molecule has 5 nitrogen and oxygen atoms in total. The highest BCUT2D eigenvalue weighted by Gasteiger charge is 2.21. The first-order valence-electron chi connectivity index (χ1n) is 9.05. The molecule has 1 aromatic heterocycles. The number of carbonyl (C=O) groups excluding carboxylic acids is 1. The predicted octanol–water partition coefficient (Wildman–Crippen LogP) is 3.96. The molecule has 0 fully saturated rings. The summed E-state index contributed by atoms with van der Waals surface area (Å²) in [4.78, 5) is 23.9. The molecule has 0 unspecified atom stereocenters. The van der Waals surface area contributed by atoms with E-state index >= 15 is 0 Å². The third-order valence-corrected chi connectivity index (χ3v) is 5.44. The predicted molar refractivity (Wildman–Crippen MR) is 115 cm³/mol. The van der Waals surface area contributed by atoms with E-state index < -0.39 is 0 Å². The van der Waals surface area contributed by atoms with Crippen molar-refractivity contribution in [1.29, 1.82) is 0 Å². The lowest BCUT2D eigenvalue weighted by Gasteiger charge is -2.21. The van der Waals surface area contributed by atoms with Crippen LogP contribution in [0.1, 0.15) is 16.8 Å². The van der Waals surface area contributed by atoms with Crippen LogP contribution in [0.25, 0.3) is 10.2 Å². The van der Waals surface area contributed by atoms with Crippen molar-refractivity contribution in [2.75, 3.05) is 51.1 Å². The molecule has 0 aliphatic carbocycles. The largest absolute Gasteiger partial charge is 0.378 e. The second-order valence-electron chi connectivity index (χ2n) is 7.02. The molecule has 0 N–H and O–H groups in total. The van der Waals surface area contributed by atoms with Crippen LogP contribution < -0.4 is 9.80 Å². The van der Waals surface area contributed by atoms with Gasteiger partial charge < -0.3 is 9.80 Å². The first-order chi connectivity index (χ1) is 13.0. The van der Waals surface area contributed by atoms with Crippen molar-refractivity contribution in [3.05, 3.63) is 54.1 Å². The van der Waals surface area contributed by atoms with E-state index in [0.717, 1.165) is 34.0 Å². The molecule has 3 rings (SSSR count). The molecule has 1 amide bonds. The Morgan fingerprint density at radius 3 is 2.30 bits per heavy atom. The summed E-state index contributed by atoms with van der Waals surface area (Å²) in [5.41, 5.74) is 2.70. The minimum absolute atomic E-state index is 0.00174. The number of rotatable bonds is 7. The highest BCUT2D eigenvalue weighted by molar-refractivity contribution is 7.22. The number of para-hydroxylation sites is 1. The number of aromatic nitrogens is 1. The molecule has 27 heavy (non-hydrogen) atoms. The van der Waals surface area contributed by atoms with Crippen molar-refractivity contribution in [2.45, 2.75) is 6.42 Å². The normalized spacial score (nSPS) is 11.1. The van der Waals surface area contributed by atoms with Crippen molar-refractivity contribution in [3.8, 4) is 0 Å². The van der Waals surface area contributed by atoms with Crippen LogP contribution in [0.5, 0.6) is 0 Å². The van der Waals surface area contributed by atoms with Crippen LogP contribution in [0.4, 0.5) is 10.8 Å². The van der Waals surface area contributed by atoms with Crippen LogP contribution in [-0.4, -0.2) is 57.1 Å². The third kappa shape index (κ3) is 4.64. The Hall–Kier alpha value is -2.44. The molecule has 0 aliphatic rings. The van der Waals surface area contributed by atoms with E-state index in [1.54, 1.807) is 11.3 Å². The zero-order valence-electron chi connectivity index (χ0n) is 16.3. The summed E-state index contributed by atoms with van der Waals surface area (Å²) in [6.45, 7) is 1.57. The topological polar surface area (TPSA) is 39.7 Å². The van der Waals surface area contributed by atoms with Crippen molar-refractivity contribution in [3.63, 3.8) is 0 Å². The summed E-state index contributed by atoms with van der Waals surface area (Å²) in [6.07, 6.45) is 0.893.